The molecule has 2 heterocycles. The zero-order valence-corrected chi connectivity index (χ0v) is 18.2. The van der Waals surface area contributed by atoms with Crippen LogP contribution in [0.3, 0.4) is 0 Å². The molecule has 2 fully saturated rings. The Morgan fingerprint density at radius 3 is 2.61 bits per heavy atom. The van der Waals surface area contributed by atoms with Crippen molar-refractivity contribution in [3.8, 4) is 5.75 Å². The average Bonchev–Trinajstić information content (AvgIpc) is 3.07. The lowest BCUT2D eigenvalue weighted by molar-refractivity contribution is -0.121. The van der Waals surface area contributed by atoms with Gasteiger partial charge in [0.05, 0.1) is 30.9 Å². The normalized spacial score (nSPS) is 19.4. The third-order valence-electron chi connectivity index (χ3n) is 5.03. The monoisotopic (exact) mass is 437 g/mol. The van der Waals surface area contributed by atoms with Gasteiger partial charge in [-0.2, -0.15) is 0 Å². The van der Waals surface area contributed by atoms with Crippen LogP contribution < -0.4 is 4.74 Å². The van der Waals surface area contributed by atoms with E-state index in [2.05, 4.69) is 4.99 Å². The van der Waals surface area contributed by atoms with Crippen LogP contribution in [0.4, 0.5) is 5.69 Å². The first-order chi connectivity index (χ1) is 15.0. The van der Waals surface area contributed by atoms with Crippen molar-refractivity contribution in [1.82, 2.24) is 9.80 Å². The van der Waals surface area contributed by atoms with Crippen LogP contribution in [-0.2, 0) is 9.53 Å². The molecular weight excluding hydrogens is 414 g/mol. The van der Waals surface area contributed by atoms with Gasteiger partial charge in [0.1, 0.15) is 5.75 Å². The zero-order chi connectivity index (χ0) is 21.8. The van der Waals surface area contributed by atoms with Crippen molar-refractivity contribution in [2.45, 2.75) is 0 Å². The van der Waals surface area contributed by atoms with E-state index >= 15 is 0 Å². The Bertz CT molecular complexity index is 1040. The van der Waals surface area contributed by atoms with E-state index < -0.39 is 0 Å². The molecule has 0 spiro atoms. The highest BCUT2D eigenvalue weighted by Crippen LogP contribution is 2.33. The lowest BCUT2D eigenvalue weighted by Crippen LogP contribution is -2.40. The summed E-state index contributed by atoms with van der Waals surface area (Å²) in [5.41, 5.74) is 2.12. The number of ether oxygens (including phenoxy) is 2. The molecule has 0 atom stereocenters. The second-order valence-corrected chi connectivity index (χ2v) is 8.11. The SMILES string of the molecule is COc1ccc(/C=C2/SC(=Nc3cccc(C(=O)N4CCOCC4)c3)N(C)C2=O)cc1. The number of nitrogens with zero attached hydrogens (tertiary/aromatic N) is 3. The van der Waals surface area contributed by atoms with Crippen LogP contribution in [0.2, 0.25) is 0 Å². The predicted octanol–water partition coefficient (Wildman–Crippen LogP) is 3.40. The highest BCUT2D eigenvalue weighted by Gasteiger charge is 2.30. The molecule has 2 amide bonds. The number of methoxy groups -OCH3 is 1. The van der Waals surface area contributed by atoms with Gasteiger partial charge in [-0.25, -0.2) is 4.99 Å². The minimum absolute atomic E-state index is 0.0334. The second kappa shape index (κ2) is 9.36. The maximum Gasteiger partial charge on any atom is 0.266 e. The molecule has 0 aromatic heterocycles. The number of morpholine rings is 1. The van der Waals surface area contributed by atoms with Crippen molar-refractivity contribution in [2.75, 3.05) is 40.5 Å². The number of thioether (sulfide) groups is 1. The summed E-state index contributed by atoms with van der Waals surface area (Å²) in [4.78, 5) is 33.9. The number of aliphatic imine (C=N–C) groups is 1. The molecule has 7 nitrogen and oxygen atoms in total. The Labute approximate surface area is 185 Å². The van der Waals surface area contributed by atoms with Gasteiger partial charge in [0.15, 0.2) is 5.17 Å². The van der Waals surface area contributed by atoms with Gasteiger partial charge in [-0.3, -0.25) is 14.5 Å². The molecule has 0 N–H and O–H groups in total. The van der Waals surface area contributed by atoms with Gasteiger partial charge < -0.3 is 14.4 Å². The van der Waals surface area contributed by atoms with Crippen LogP contribution in [0.15, 0.2) is 58.4 Å². The Kier molecular flexibility index (Phi) is 6.39. The maximum atomic E-state index is 12.7. The zero-order valence-electron chi connectivity index (χ0n) is 17.4. The summed E-state index contributed by atoms with van der Waals surface area (Å²) in [5, 5.41) is 0.570. The van der Waals surface area contributed by atoms with Crippen molar-refractivity contribution in [2.24, 2.45) is 4.99 Å². The Hall–Kier alpha value is -3.10. The average molecular weight is 438 g/mol. The summed E-state index contributed by atoms with van der Waals surface area (Å²) >= 11 is 1.31. The largest absolute Gasteiger partial charge is 0.497 e. The number of rotatable bonds is 4. The van der Waals surface area contributed by atoms with E-state index in [1.54, 1.807) is 31.2 Å². The lowest BCUT2D eigenvalue weighted by atomic mass is 10.1. The molecule has 2 aliphatic heterocycles. The van der Waals surface area contributed by atoms with Gasteiger partial charge in [0.2, 0.25) is 0 Å². The molecule has 2 aliphatic rings. The first kappa shape index (κ1) is 21.1. The van der Waals surface area contributed by atoms with Gasteiger partial charge >= 0.3 is 0 Å². The molecular formula is C23H23N3O4S. The van der Waals surface area contributed by atoms with Crippen LogP contribution in [0, 0.1) is 0 Å². The highest BCUT2D eigenvalue weighted by molar-refractivity contribution is 8.18. The molecule has 31 heavy (non-hydrogen) atoms. The van der Waals surface area contributed by atoms with Gasteiger partial charge in [-0.15, -0.1) is 0 Å². The Morgan fingerprint density at radius 1 is 1.16 bits per heavy atom. The van der Waals surface area contributed by atoms with Gasteiger partial charge in [0, 0.05) is 25.7 Å². The highest BCUT2D eigenvalue weighted by atomic mass is 32.2. The maximum absolute atomic E-state index is 12.7. The van der Waals surface area contributed by atoms with E-state index in [-0.39, 0.29) is 11.8 Å². The summed E-state index contributed by atoms with van der Waals surface area (Å²) < 4.78 is 10.5. The van der Waals surface area contributed by atoms with E-state index in [1.807, 2.05) is 42.5 Å². The van der Waals surface area contributed by atoms with Crippen LogP contribution in [0.5, 0.6) is 5.75 Å². The quantitative estimate of drug-likeness (QED) is 0.686. The molecule has 0 bridgehead atoms. The molecule has 0 unspecified atom stereocenters. The topological polar surface area (TPSA) is 71.4 Å². The number of carbonyl (C=O) groups is 2. The van der Waals surface area contributed by atoms with Crippen molar-refractivity contribution in [3.05, 3.63) is 64.6 Å². The van der Waals surface area contributed by atoms with E-state index in [4.69, 9.17) is 9.47 Å². The minimum atomic E-state index is -0.111. The fraction of sp³-hybridized carbons (Fsp3) is 0.261. The third kappa shape index (κ3) is 4.81. The Morgan fingerprint density at radius 2 is 1.90 bits per heavy atom. The van der Waals surface area contributed by atoms with Crippen molar-refractivity contribution < 1.29 is 19.1 Å². The van der Waals surface area contributed by atoms with Gasteiger partial charge in [-0.1, -0.05) is 18.2 Å². The number of carbonyl (C=O) groups excluding carboxylic acids is 2. The molecule has 4 rings (SSSR count). The molecule has 0 radical (unpaired) electrons. The smallest absolute Gasteiger partial charge is 0.266 e. The number of likely N-dealkylation sites (N-methyl/N-ethyl adjacent to an activating group) is 1. The number of hydrogen-bond acceptors (Lipinski definition) is 6. The summed E-state index contributed by atoms with van der Waals surface area (Å²) in [5.74, 6) is 0.618. The number of benzene rings is 2. The van der Waals surface area contributed by atoms with Crippen LogP contribution in [0.1, 0.15) is 15.9 Å². The second-order valence-electron chi connectivity index (χ2n) is 7.10. The lowest BCUT2D eigenvalue weighted by Gasteiger charge is -2.26. The molecule has 2 aromatic carbocycles. The summed E-state index contributed by atoms with van der Waals surface area (Å²) in [6.07, 6.45) is 1.84. The van der Waals surface area contributed by atoms with Crippen molar-refractivity contribution >= 4 is 40.5 Å². The molecule has 160 valence electrons. The van der Waals surface area contributed by atoms with E-state index in [9.17, 15) is 9.59 Å². The van der Waals surface area contributed by atoms with Gasteiger partial charge in [-0.05, 0) is 53.7 Å². The van der Waals surface area contributed by atoms with Crippen LogP contribution in [0.25, 0.3) is 6.08 Å². The number of hydrogen-bond donors (Lipinski definition) is 0. The third-order valence-corrected chi connectivity index (χ3v) is 6.09. The number of amides is 2. The molecule has 0 aliphatic carbocycles. The minimum Gasteiger partial charge on any atom is -0.497 e. The van der Waals surface area contributed by atoms with Crippen LogP contribution >= 0.6 is 11.8 Å². The molecule has 2 saturated heterocycles. The fourth-order valence-corrected chi connectivity index (χ4v) is 4.26. The van der Waals surface area contributed by atoms with Crippen molar-refractivity contribution in [3.63, 3.8) is 0 Å². The van der Waals surface area contributed by atoms with Crippen molar-refractivity contribution in [1.29, 1.82) is 0 Å². The fourth-order valence-electron chi connectivity index (χ4n) is 3.27. The van der Waals surface area contributed by atoms with E-state index in [1.165, 1.54) is 16.7 Å². The molecule has 0 saturated carbocycles. The molecule has 8 heteroatoms. The number of amidine groups is 1. The first-order valence-electron chi connectivity index (χ1n) is 9.92. The van der Waals surface area contributed by atoms with E-state index in [0.29, 0.717) is 47.6 Å². The van der Waals surface area contributed by atoms with E-state index in [0.717, 1.165) is 11.3 Å². The molecule has 2 aromatic rings. The summed E-state index contributed by atoms with van der Waals surface area (Å²) in [6, 6.07) is 14.7. The van der Waals surface area contributed by atoms with Gasteiger partial charge in [0.25, 0.3) is 11.8 Å². The predicted molar refractivity (Wildman–Crippen MR) is 122 cm³/mol. The standard InChI is InChI=1S/C23H23N3O4S/c1-25-22(28)20(14-16-6-8-19(29-2)9-7-16)31-23(25)24-18-5-3-4-17(15-18)21(27)26-10-12-30-13-11-26/h3-9,14-15H,10-13H2,1-2H3/b20-14+,24-23?. The summed E-state index contributed by atoms with van der Waals surface area (Å²) in [6.45, 7) is 2.29. The van der Waals surface area contributed by atoms with Crippen LogP contribution in [-0.4, -0.2) is 67.2 Å². The first-order valence-corrected chi connectivity index (χ1v) is 10.7. The Balaban J connectivity index is 1.53. The summed E-state index contributed by atoms with van der Waals surface area (Å²) in [7, 11) is 3.32.